The van der Waals surface area contributed by atoms with Gasteiger partial charge in [0.25, 0.3) is 0 Å². The molecule has 6 nitrogen and oxygen atoms in total. The smallest absolute Gasteiger partial charge is 0.335 e. The van der Waals surface area contributed by atoms with Crippen molar-refractivity contribution in [1.29, 1.82) is 0 Å². The Kier molecular flexibility index (Phi) is 6.76. The van der Waals surface area contributed by atoms with E-state index in [0.29, 0.717) is 18.7 Å². The Morgan fingerprint density at radius 2 is 1.85 bits per heavy atom. The van der Waals surface area contributed by atoms with Gasteiger partial charge >= 0.3 is 5.97 Å². The molecule has 0 amide bonds. The number of nitrogens with one attached hydrogen (secondary N) is 2. The van der Waals surface area contributed by atoms with E-state index in [-0.39, 0.29) is 16.5 Å². The van der Waals surface area contributed by atoms with Crippen molar-refractivity contribution >= 4 is 21.7 Å². The minimum Gasteiger partial charge on any atom is -0.478 e. The summed E-state index contributed by atoms with van der Waals surface area (Å²) in [6.45, 7) is 4.20. The molecule has 0 bridgehead atoms. The number of hydrogen-bond acceptors (Lipinski definition) is 4. The second kappa shape index (κ2) is 8.82. The van der Waals surface area contributed by atoms with Gasteiger partial charge in [-0.2, -0.15) is 0 Å². The minimum atomic E-state index is -3.85. The van der Waals surface area contributed by atoms with Gasteiger partial charge < -0.3 is 10.4 Å². The van der Waals surface area contributed by atoms with Crippen LogP contribution in [0.1, 0.15) is 42.6 Å². The quantitative estimate of drug-likeness (QED) is 0.623. The highest BCUT2D eigenvalue weighted by Gasteiger charge is 2.22. The van der Waals surface area contributed by atoms with E-state index in [1.54, 1.807) is 6.92 Å². The van der Waals surface area contributed by atoms with E-state index < -0.39 is 16.0 Å². The fourth-order valence-electron chi connectivity index (χ4n) is 2.64. The van der Waals surface area contributed by atoms with E-state index in [4.69, 9.17) is 0 Å². The number of hydrogen-bond donors (Lipinski definition) is 3. The summed E-state index contributed by atoms with van der Waals surface area (Å²) in [5.41, 5.74) is 1.29. The molecule has 0 saturated carbocycles. The third-order valence-corrected chi connectivity index (χ3v) is 5.55. The number of benzene rings is 2. The van der Waals surface area contributed by atoms with Crippen LogP contribution in [0.5, 0.6) is 0 Å². The van der Waals surface area contributed by atoms with Gasteiger partial charge in [0.1, 0.15) is 4.90 Å². The average molecular weight is 376 g/mol. The molecule has 0 aromatic heterocycles. The van der Waals surface area contributed by atoms with E-state index in [0.717, 1.165) is 12.0 Å². The predicted octanol–water partition coefficient (Wildman–Crippen LogP) is 3.46. The minimum absolute atomic E-state index is 0.0590. The van der Waals surface area contributed by atoms with Crippen LogP contribution in [0.4, 0.5) is 5.69 Å². The second-order valence-corrected chi connectivity index (χ2v) is 7.85. The lowest BCUT2D eigenvalue weighted by molar-refractivity contribution is 0.0696. The van der Waals surface area contributed by atoms with E-state index in [1.807, 2.05) is 37.3 Å². The van der Waals surface area contributed by atoms with Crippen LogP contribution in [0.3, 0.4) is 0 Å². The largest absolute Gasteiger partial charge is 0.478 e. The number of anilines is 1. The van der Waals surface area contributed by atoms with Crippen LogP contribution in [0.2, 0.25) is 0 Å². The Balaban J connectivity index is 2.34. The first-order valence-electron chi connectivity index (χ1n) is 8.51. The summed E-state index contributed by atoms with van der Waals surface area (Å²) in [6, 6.07) is 13.4. The molecule has 1 atom stereocenters. The van der Waals surface area contributed by atoms with E-state index in [1.165, 1.54) is 18.2 Å². The Bertz CT molecular complexity index is 851. The van der Waals surface area contributed by atoms with Crippen LogP contribution in [-0.4, -0.2) is 25.5 Å². The van der Waals surface area contributed by atoms with Crippen molar-refractivity contribution in [3.05, 3.63) is 59.7 Å². The zero-order valence-electron chi connectivity index (χ0n) is 14.9. The number of aromatic carboxylic acids is 1. The lowest BCUT2D eigenvalue weighted by atomic mass is 10.2. The summed E-state index contributed by atoms with van der Waals surface area (Å²) in [5, 5.41) is 12.3. The normalized spacial score (nSPS) is 12.5. The molecule has 0 spiro atoms. The molecule has 0 aliphatic heterocycles. The first-order valence-corrected chi connectivity index (χ1v) is 9.99. The molecule has 7 heteroatoms. The van der Waals surface area contributed by atoms with E-state index >= 15 is 0 Å². The van der Waals surface area contributed by atoms with Crippen LogP contribution < -0.4 is 10.0 Å². The van der Waals surface area contributed by atoms with E-state index in [9.17, 15) is 18.3 Å². The molecule has 140 valence electrons. The van der Waals surface area contributed by atoms with Gasteiger partial charge in [-0.25, -0.2) is 17.9 Å². The Labute approximate surface area is 154 Å². The van der Waals surface area contributed by atoms with Crippen molar-refractivity contribution in [2.75, 3.05) is 5.32 Å². The van der Waals surface area contributed by atoms with Gasteiger partial charge in [-0.15, -0.1) is 0 Å². The van der Waals surface area contributed by atoms with Gasteiger partial charge in [-0.1, -0.05) is 43.7 Å². The van der Waals surface area contributed by atoms with Gasteiger partial charge in [-0.05, 0) is 37.1 Å². The van der Waals surface area contributed by atoms with Crippen LogP contribution in [0.25, 0.3) is 0 Å². The molecular formula is C19H24N2O4S. The van der Waals surface area contributed by atoms with Crippen molar-refractivity contribution in [3.63, 3.8) is 0 Å². The van der Waals surface area contributed by atoms with Crippen LogP contribution in [0, 0.1) is 0 Å². The molecule has 0 radical (unpaired) electrons. The number of carboxylic acid groups (broad SMARTS) is 1. The molecule has 1 unspecified atom stereocenters. The SMILES string of the molecule is CCCC(C)NS(=O)(=O)c1cc(C(=O)O)ccc1NCc1ccccc1. The van der Waals surface area contributed by atoms with Crippen LogP contribution in [0.15, 0.2) is 53.4 Å². The van der Waals surface area contributed by atoms with Crippen LogP contribution >= 0.6 is 0 Å². The third kappa shape index (κ3) is 5.31. The molecular weight excluding hydrogens is 352 g/mol. The number of carbonyl (C=O) groups is 1. The Hall–Kier alpha value is -2.38. The maximum absolute atomic E-state index is 12.8. The Morgan fingerprint density at radius 1 is 1.15 bits per heavy atom. The van der Waals surface area contributed by atoms with Gasteiger partial charge in [0.05, 0.1) is 11.3 Å². The van der Waals surface area contributed by atoms with Gasteiger partial charge in [0, 0.05) is 12.6 Å². The maximum Gasteiger partial charge on any atom is 0.335 e. The first kappa shape index (κ1) is 19.9. The monoisotopic (exact) mass is 376 g/mol. The molecule has 2 rings (SSSR count). The third-order valence-electron chi connectivity index (χ3n) is 3.92. The molecule has 0 aliphatic rings. The average Bonchev–Trinajstić information content (AvgIpc) is 2.60. The molecule has 0 aliphatic carbocycles. The highest BCUT2D eigenvalue weighted by molar-refractivity contribution is 7.89. The second-order valence-electron chi connectivity index (χ2n) is 6.17. The maximum atomic E-state index is 12.8. The predicted molar refractivity (Wildman–Crippen MR) is 102 cm³/mol. The molecule has 2 aromatic carbocycles. The molecule has 0 saturated heterocycles. The highest BCUT2D eigenvalue weighted by Crippen LogP contribution is 2.24. The Morgan fingerprint density at radius 3 is 2.46 bits per heavy atom. The molecule has 0 heterocycles. The summed E-state index contributed by atoms with van der Waals surface area (Å²) >= 11 is 0. The van der Waals surface area contributed by atoms with Gasteiger partial charge in [0.2, 0.25) is 10.0 Å². The highest BCUT2D eigenvalue weighted by atomic mass is 32.2. The zero-order valence-corrected chi connectivity index (χ0v) is 15.7. The summed E-state index contributed by atoms with van der Waals surface area (Å²) in [5.74, 6) is -1.17. The first-order chi connectivity index (χ1) is 12.3. The number of rotatable bonds is 9. The standard InChI is InChI=1S/C19H24N2O4S/c1-3-7-14(2)21-26(24,25)18-12-16(19(22)23)10-11-17(18)20-13-15-8-5-4-6-9-15/h4-6,8-12,14,20-21H,3,7,13H2,1-2H3,(H,22,23). The fraction of sp³-hybridized carbons (Fsp3) is 0.316. The molecule has 0 fully saturated rings. The van der Waals surface area contributed by atoms with Crippen molar-refractivity contribution in [2.45, 2.75) is 44.2 Å². The summed E-state index contributed by atoms with van der Waals surface area (Å²) in [6.07, 6.45) is 1.54. The lowest BCUT2D eigenvalue weighted by Crippen LogP contribution is -2.33. The number of carboxylic acids is 1. The van der Waals surface area contributed by atoms with Crippen molar-refractivity contribution in [2.24, 2.45) is 0 Å². The van der Waals surface area contributed by atoms with Crippen molar-refractivity contribution < 1.29 is 18.3 Å². The van der Waals surface area contributed by atoms with Crippen molar-refractivity contribution in [1.82, 2.24) is 4.72 Å². The van der Waals surface area contributed by atoms with Gasteiger partial charge in [0.15, 0.2) is 0 Å². The molecule has 3 N–H and O–H groups in total. The van der Waals surface area contributed by atoms with Crippen molar-refractivity contribution in [3.8, 4) is 0 Å². The van der Waals surface area contributed by atoms with E-state index in [2.05, 4.69) is 10.0 Å². The molecule has 26 heavy (non-hydrogen) atoms. The topological polar surface area (TPSA) is 95.5 Å². The number of sulfonamides is 1. The zero-order chi connectivity index (χ0) is 19.2. The fourth-order valence-corrected chi connectivity index (χ4v) is 4.12. The summed E-state index contributed by atoms with van der Waals surface area (Å²) in [7, 11) is -3.85. The van der Waals surface area contributed by atoms with Crippen LogP contribution in [-0.2, 0) is 16.6 Å². The molecule has 2 aromatic rings. The lowest BCUT2D eigenvalue weighted by Gasteiger charge is -2.17. The summed E-state index contributed by atoms with van der Waals surface area (Å²) < 4.78 is 28.2. The van der Waals surface area contributed by atoms with Gasteiger partial charge in [-0.3, -0.25) is 0 Å². The summed E-state index contributed by atoms with van der Waals surface area (Å²) in [4.78, 5) is 11.2.